The summed E-state index contributed by atoms with van der Waals surface area (Å²) in [6.45, 7) is 1.39. The Morgan fingerprint density at radius 1 is 1.31 bits per heavy atom. The molecular weight excluding hydrogens is 475 g/mol. The molecule has 1 atom stereocenters. The number of nitrogens with one attached hydrogen (secondary N) is 1. The molecule has 4 rings (SSSR count). The fraction of sp³-hybridized carbons (Fsp3) is 0.500. The minimum absolute atomic E-state index is 0.00307. The molecule has 36 heavy (non-hydrogen) atoms. The van der Waals surface area contributed by atoms with E-state index in [4.69, 9.17) is 4.74 Å². The van der Waals surface area contributed by atoms with E-state index in [0.29, 0.717) is 31.0 Å². The molecule has 2 aromatic rings. The van der Waals surface area contributed by atoms with E-state index in [1.165, 1.54) is 23.4 Å². The monoisotopic (exact) mass is 503 g/mol. The Hall–Kier alpha value is -3.75. The van der Waals surface area contributed by atoms with Crippen molar-refractivity contribution in [2.45, 2.75) is 31.5 Å². The number of hydrogen-bond donors (Lipinski definition) is 1. The van der Waals surface area contributed by atoms with Crippen molar-refractivity contribution in [2.75, 3.05) is 39.1 Å². The number of likely N-dealkylation sites (tertiary alicyclic amines) is 1. The molecule has 2 aliphatic rings. The second-order valence-electron chi connectivity index (χ2n) is 9.20. The third-order valence-corrected chi connectivity index (χ3v) is 6.50. The Morgan fingerprint density at radius 2 is 2.03 bits per heavy atom. The van der Waals surface area contributed by atoms with Gasteiger partial charge in [-0.3, -0.25) is 0 Å². The molecule has 1 aromatic heterocycles. The fourth-order valence-electron chi connectivity index (χ4n) is 4.52. The minimum Gasteiger partial charge on any atom is -0.493 e. The molecule has 1 N–H and O–H groups in total. The average molecular weight is 504 g/mol. The van der Waals surface area contributed by atoms with Crippen LogP contribution in [0.1, 0.15) is 42.1 Å². The number of amides is 2. The van der Waals surface area contributed by atoms with Crippen molar-refractivity contribution in [3.8, 4) is 11.8 Å². The molecule has 0 radical (unpaired) electrons. The number of amidine groups is 1. The van der Waals surface area contributed by atoms with Gasteiger partial charge in [-0.2, -0.15) is 18.4 Å². The number of carbonyl (C=O) groups excluding carboxylic acids is 1. The highest BCUT2D eigenvalue weighted by atomic mass is 19.4. The molecule has 2 amide bonds. The molecule has 0 aliphatic carbocycles. The molecule has 0 bridgehead atoms. The SMILES string of the molecule is CN(C)C(=O)N1CCC(CCOc2ccc(C3N=C(C#N)Nc4c3ncn4C)cc2C(F)(F)F)CC1. The quantitative estimate of drug-likeness (QED) is 0.664. The number of urea groups is 1. The summed E-state index contributed by atoms with van der Waals surface area (Å²) in [5, 5.41) is 12.2. The normalized spacial score (nSPS) is 18.1. The van der Waals surface area contributed by atoms with Gasteiger partial charge in [0, 0.05) is 34.2 Å². The van der Waals surface area contributed by atoms with Crippen LogP contribution in [0.5, 0.6) is 5.75 Å². The zero-order chi connectivity index (χ0) is 26.0. The van der Waals surface area contributed by atoms with Gasteiger partial charge in [-0.1, -0.05) is 6.07 Å². The third kappa shape index (κ3) is 5.24. The van der Waals surface area contributed by atoms with Gasteiger partial charge in [-0.25, -0.2) is 14.8 Å². The number of nitriles is 1. The number of aromatic nitrogens is 2. The summed E-state index contributed by atoms with van der Waals surface area (Å²) in [4.78, 5) is 23.9. The Kier molecular flexibility index (Phi) is 7.10. The van der Waals surface area contributed by atoms with Crippen molar-refractivity contribution in [2.24, 2.45) is 18.0 Å². The first kappa shape index (κ1) is 25.3. The van der Waals surface area contributed by atoms with Crippen molar-refractivity contribution >= 4 is 17.7 Å². The maximum atomic E-state index is 14.0. The van der Waals surface area contributed by atoms with Gasteiger partial charge in [-0.05, 0) is 42.9 Å². The first-order valence-electron chi connectivity index (χ1n) is 11.6. The first-order valence-corrected chi connectivity index (χ1v) is 11.6. The summed E-state index contributed by atoms with van der Waals surface area (Å²) in [7, 11) is 5.14. The highest BCUT2D eigenvalue weighted by molar-refractivity contribution is 6.08. The first-order chi connectivity index (χ1) is 17.1. The van der Waals surface area contributed by atoms with Crippen molar-refractivity contribution in [1.29, 1.82) is 5.26 Å². The fourth-order valence-corrected chi connectivity index (χ4v) is 4.52. The lowest BCUT2D eigenvalue weighted by molar-refractivity contribution is -0.139. The van der Waals surface area contributed by atoms with Gasteiger partial charge in [0.15, 0.2) is 0 Å². The smallest absolute Gasteiger partial charge is 0.419 e. The minimum atomic E-state index is -4.63. The number of nitrogens with zero attached hydrogens (tertiary/aromatic N) is 6. The zero-order valence-corrected chi connectivity index (χ0v) is 20.3. The summed E-state index contributed by atoms with van der Waals surface area (Å²) in [5.74, 6) is 0.550. The molecule has 3 heterocycles. The molecule has 1 unspecified atom stereocenters. The number of carbonyl (C=O) groups is 1. The highest BCUT2D eigenvalue weighted by Crippen LogP contribution is 2.41. The van der Waals surface area contributed by atoms with E-state index < -0.39 is 17.8 Å². The van der Waals surface area contributed by atoms with Crippen LogP contribution in [0.3, 0.4) is 0 Å². The van der Waals surface area contributed by atoms with E-state index in [2.05, 4.69) is 15.3 Å². The van der Waals surface area contributed by atoms with Crippen LogP contribution in [0, 0.1) is 17.2 Å². The van der Waals surface area contributed by atoms with Crippen LogP contribution >= 0.6 is 0 Å². The van der Waals surface area contributed by atoms with Crippen LogP contribution < -0.4 is 10.1 Å². The number of ether oxygens (including phenoxy) is 1. The van der Waals surface area contributed by atoms with Crippen LogP contribution in [0.2, 0.25) is 0 Å². The largest absolute Gasteiger partial charge is 0.493 e. The molecule has 12 heteroatoms. The van der Waals surface area contributed by atoms with E-state index in [-0.39, 0.29) is 35.7 Å². The Morgan fingerprint density at radius 3 is 2.67 bits per heavy atom. The standard InChI is InChI=1S/C24H28F3N7O2/c1-32(2)23(35)34-9-6-15(7-10-34)8-11-36-18-5-4-16(12-17(18)24(25,26)27)20-21-22(33(3)14-29-21)31-19(13-28)30-20/h4-5,12,14-15,20H,6-11H2,1-3H3,(H,30,31). The average Bonchev–Trinajstić information content (AvgIpc) is 3.23. The van der Waals surface area contributed by atoms with Gasteiger partial charge in [-0.15, -0.1) is 0 Å². The summed E-state index contributed by atoms with van der Waals surface area (Å²) in [5.41, 5.74) is -0.185. The van der Waals surface area contributed by atoms with Crippen molar-refractivity contribution in [1.82, 2.24) is 19.4 Å². The van der Waals surface area contributed by atoms with E-state index in [0.717, 1.165) is 18.9 Å². The topological polar surface area (TPSA) is 98.8 Å². The van der Waals surface area contributed by atoms with Gasteiger partial charge < -0.3 is 24.4 Å². The van der Waals surface area contributed by atoms with Crippen molar-refractivity contribution in [3.63, 3.8) is 0 Å². The van der Waals surface area contributed by atoms with Crippen LogP contribution in [0.15, 0.2) is 29.5 Å². The van der Waals surface area contributed by atoms with Crippen LogP contribution in [0.25, 0.3) is 0 Å². The Bertz CT molecular complexity index is 1190. The lowest BCUT2D eigenvalue weighted by Gasteiger charge is -2.33. The molecular formula is C24H28F3N7O2. The molecule has 0 spiro atoms. The summed E-state index contributed by atoms with van der Waals surface area (Å²) in [6, 6.07) is 4.90. The number of anilines is 1. The number of alkyl halides is 3. The molecule has 192 valence electrons. The second-order valence-corrected chi connectivity index (χ2v) is 9.20. The maximum Gasteiger partial charge on any atom is 0.419 e. The molecule has 9 nitrogen and oxygen atoms in total. The zero-order valence-electron chi connectivity index (χ0n) is 20.3. The van der Waals surface area contributed by atoms with Gasteiger partial charge in [0.2, 0.25) is 5.84 Å². The number of aryl methyl sites for hydroxylation is 1. The molecule has 1 fully saturated rings. The Labute approximate surface area is 207 Å². The van der Waals surface area contributed by atoms with Gasteiger partial charge in [0.05, 0.1) is 18.5 Å². The number of halogens is 3. The predicted molar refractivity (Wildman–Crippen MR) is 127 cm³/mol. The second kappa shape index (κ2) is 10.1. The molecule has 2 aliphatic heterocycles. The van der Waals surface area contributed by atoms with E-state index in [1.54, 1.807) is 30.6 Å². The van der Waals surface area contributed by atoms with E-state index >= 15 is 0 Å². The van der Waals surface area contributed by atoms with Gasteiger partial charge >= 0.3 is 12.2 Å². The highest BCUT2D eigenvalue weighted by Gasteiger charge is 2.36. The summed E-state index contributed by atoms with van der Waals surface area (Å²) < 4.78 is 49.1. The van der Waals surface area contributed by atoms with Gasteiger partial charge in [0.25, 0.3) is 0 Å². The lowest BCUT2D eigenvalue weighted by Crippen LogP contribution is -2.44. The van der Waals surface area contributed by atoms with E-state index in [1.807, 2.05) is 6.07 Å². The molecule has 1 saturated heterocycles. The van der Waals surface area contributed by atoms with Crippen LogP contribution in [-0.4, -0.2) is 65.0 Å². The number of benzene rings is 1. The lowest BCUT2D eigenvalue weighted by atomic mass is 9.94. The van der Waals surface area contributed by atoms with Crippen molar-refractivity contribution < 1.29 is 22.7 Å². The van der Waals surface area contributed by atoms with Crippen LogP contribution in [0.4, 0.5) is 23.8 Å². The van der Waals surface area contributed by atoms with Gasteiger partial charge in [0.1, 0.15) is 29.4 Å². The predicted octanol–water partition coefficient (Wildman–Crippen LogP) is 4.04. The summed E-state index contributed by atoms with van der Waals surface area (Å²) >= 11 is 0. The molecule has 0 saturated carbocycles. The third-order valence-electron chi connectivity index (χ3n) is 6.50. The Balaban J connectivity index is 1.46. The number of aliphatic imine (C=N–C) groups is 1. The maximum absolute atomic E-state index is 14.0. The number of imidazole rings is 1. The van der Waals surface area contributed by atoms with Crippen LogP contribution in [-0.2, 0) is 13.2 Å². The number of fused-ring (bicyclic) bond motifs is 1. The number of piperidine rings is 1. The number of rotatable bonds is 5. The van der Waals surface area contributed by atoms with Crippen molar-refractivity contribution in [3.05, 3.63) is 41.3 Å². The number of hydrogen-bond acceptors (Lipinski definition) is 6. The summed E-state index contributed by atoms with van der Waals surface area (Å²) in [6.07, 6.45) is -0.941. The van der Waals surface area contributed by atoms with E-state index in [9.17, 15) is 23.2 Å². The molecule has 1 aromatic carbocycles.